The van der Waals surface area contributed by atoms with Crippen molar-refractivity contribution in [2.45, 2.75) is 37.8 Å². The molecule has 0 unspecified atom stereocenters. The van der Waals surface area contributed by atoms with E-state index in [1.807, 2.05) is 9.80 Å². The van der Waals surface area contributed by atoms with Gasteiger partial charge in [-0.05, 0) is 53.9 Å². The van der Waals surface area contributed by atoms with Gasteiger partial charge in [0.1, 0.15) is 13.1 Å². The van der Waals surface area contributed by atoms with Crippen LogP contribution in [-0.4, -0.2) is 111 Å². The molecule has 0 spiro atoms. The molecule has 2 aliphatic rings. The maximum atomic E-state index is 12.5. The zero-order valence-corrected chi connectivity index (χ0v) is 17.0. The van der Waals surface area contributed by atoms with Gasteiger partial charge in [0.15, 0.2) is 0 Å². The Morgan fingerprint density at radius 3 is 1.38 bits per heavy atom. The van der Waals surface area contributed by atoms with Gasteiger partial charge in [0.25, 0.3) is 11.8 Å². The lowest BCUT2D eigenvalue weighted by molar-refractivity contribution is -0.836. The van der Waals surface area contributed by atoms with Crippen LogP contribution < -0.4 is 4.90 Å². The van der Waals surface area contributed by atoms with E-state index in [-0.39, 0.29) is 11.8 Å². The molecule has 2 heterocycles. The Kier molecular flexibility index (Phi) is 7.85. The minimum absolute atomic E-state index is 0.117. The van der Waals surface area contributed by atoms with Gasteiger partial charge in [0.05, 0.1) is 0 Å². The molecule has 0 bridgehead atoms. The SMILES string of the molecule is [CH2-][NH+](CC(=O)N1CCC(N(C)C)CC1)CC(=O)N1CCC(N(C)C)CC1. The highest BCUT2D eigenvalue weighted by Crippen LogP contribution is 2.14. The Hall–Kier alpha value is -1.18. The van der Waals surface area contributed by atoms with Crippen molar-refractivity contribution in [3.8, 4) is 0 Å². The van der Waals surface area contributed by atoms with E-state index in [9.17, 15) is 9.59 Å². The molecular formula is C19H37N5O2. The molecule has 2 rings (SSSR count). The van der Waals surface area contributed by atoms with Crippen LogP contribution in [0.3, 0.4) is 0 Å². The molecule has 2 fully saturated rings. The van der Waals surface area contributed by atoms with Crippen LogP contribution in [0.15, 0.2) is 0 Å². The highest BCUT2D eigenvalue weighted by atomic mass is 16.2. The van der Waals surface area contributed by atoms with E-state index < -0.39 is 0 Å². The van der Waals surface area contributed by atoms with Gasteiger partial charge in [-0.1, -0.05) is 0 Å². The quantitative estimate of drug-likeness (QED) is 0.597. The fourth-order valence-corrected chi connectivity index (χ4v) is 3.98. The zero-order valence-electron chi connectivity index (χ0n) is 17.0. The molecular weight excluding hydrogens is 330 g/mol. The summed E-state index contributed by atoms with van der Waals surface area (Å²) in [7, 11) is 12.4. The lowest BCUT2D eigenvalue weighted by atomic mass is 10.0. The molecule has 2 amide bonds. The number of nitrogens with zero attached hydrogens (tertiary/aromatic N) is 4. The van der Waals surface area contributed by atoms with Crippen molar-refractivity contribution < 1.29 is 14.5 Å². The second-order valence-electron chi connectivity index (χ2n) is 8.25. The molecule has 0 aromatic rings. The maximum absolute atomic E-state index is 12.5. The van der Waals surface area contributed by atoms with Gasteiger partial charge in [-0.15, -0.1) is 7.05 Å². The molecule has 0 aliphatic carbocycles. The normalized spacial score (nSPS) is 20.5. The number of hydrogen-bond donors (Lipinski definition) is 1. The number of quaternary nitrogens is 1. The molecule has 0 aromatic carbocycles. The van der Waals surface area contributed by atoms with Crippen molar-refractivity contribution in [2.75, 3.05) is 67.5 Å². The number of hydrogen-bond acceptors (Lipinski definition) is 4. The summed E-state index contributed by atoms with van der Waals surface area (Å²) in [5.41, 5.74) is 0. The van der Waals surface area contributed by atoms with Crippen molar-refractivity contribution in [1.82, 2.24) is 19.6 Å². The molecule has 0 aromatic heterocycles. The van der Waals surface area contributed by atoms with Crippen molar-refractivity contribution in [3.05, 3.63) is 7.05 Å². The third-order valence-corrected chi connectivity index (χ3v) is 5.90. The van der Waals surface area contributed by atoms with Crippen LogP contribution in [0.4, 0.5) is 0 Å². The van der Waals surface area contributed by atoms with Gasteiger partial charge < -0.3 is 24.5 Å². The smallest absolute Gasteiger partial charge is 0.275 e. The van der Waals surface area contributed by atoms with Crippen molar-refractivity contribution >= 4 is 11.8 Å². The van der Waals surface area contributed by atoms with Gasteiger partial charge in [-0.25, -0.2) is 0 Å². The molecule has 0 atom stereocenters. The van der Waals surface area contributed by atoms with E-state index >= 15 is 0 Å². The van der Waals surface area contributed by atoms with Crippen LogP contribution in [0.5, 0.6) is 0 Å². The van der Waals surface area contributed by atoms with Crippen molar-refractivity contribution in [1.29, 1.82) is 0 Å². The predicted octanol–water partition coefficient (Wildman–Crippen LogP) is -1.23. The van der Waals surface area contributed by atoms with Crippen LogP contribution in [-0.2, 0) is 9.59 Å². The number of carbonyl (C=O) groups is 2. The summed E-state index contributed by atoms with van der Waals surface area (Å²) in [5, 5.41) is 0. The first-order chi connectivity index (χ1) is 12.3. The molecule has 2 saturated heterocycles. The summed E-state index contributed by atoms with van der Waals surface area (Å²) < 4.78 is 0. The average molecular weight is 368 g/mol. The van der Waals surface area contributed by atoms with Crippen LogP contribution in [0.1, 0.15) is 25.7 Å². The number of piperidine rings is 2. The molecule has 150 valence electrons. The highest BCUT2D eigenvalue weighted by molar-refractivity contribution is 5.79. The number of nitrogens with one attached hydrogen (secondary N) is 1. The number of carbonyl (C=O) groups excluding carboxylic acids is 2. The summed E-state index contributed by atoms with van der Waals surface area (Å²) in [6.45, 7) is 3.82. The number of likely N-dealkylation sites (tertiary alicyclic amines) is 2. The van der Waals surface area contributed by atoms with Crippen LogP contribution in [0.25, 0.3) is 0 Å². The van der Waals surface area contributed by atoms with Gasteiger partial charge in [-0.2, -0.15) is 0 Å². The molecule has 1 N–H and O–H groups in total. The van der Waals surface area contributed by atoms with E-state index in [1.165, 1.54) is 0 Å². The van der Waals surface area contributed by atoms with E-state index in [2.05, 4.69) is 45.0 Å². The third kappa shape index (κ3) is 5.93. The summed E-state index contributed by atoms with van der Waals surface area (Å²) in [4.78, 5) is 34.0. The van der Waals surface area contributed by atoms with Gasteiger partial charge >= 0.3 is 0 Å². The standard InChI is InChI=1S/C19H37N5O2/c1-20(2)16-6-10-23(11-7-16)18(25)14-22(5)15-19(26)24-12-8-17(9-13-24)21(3)4/h16-17,22H,5-15H2,1-4H3. The summed E-state index contributed by atoms with van der Waals surface area (Å²) in [5.74, 6) is 0.234. The summed E-state index contributed by atoms with van der Waals surface area (Å²) in [6.07, 6.45) is 4.08. The van der Waals surface area contributed by atoms with Crippen molar-refractivity contribution in [2.24, 2.45) is 0 Å². The van der Waals surface area contributed by atoms with Crippen LogP contribution in [0, 0.1) is 7.05 Å². The minimum atomic E-state index is 0.117. The highest BCUT2D eigenvalue weighted by Gasteiger charge is 2.27. The van der Waals surface area contributed by atoms with E-state index in [1.54, 1.807) is 0 Å². The molecule has 7 nitrogen and oxygen atoms in total. The first-order valence-electron chi connectivity index (χ1n) is 9.83. The van der Waals surface area contributed by atoms with Gasteiger partial charge in [-0.3, -0.25) is 9.59 Å². The van der Waals surface area contributed by atoms with E-state index in [4.69, 9.17) is 0 Å². The van der Waals surface area contributed by atoms with E-state index in [0.29, 0.717) is 25.2 Å². The third-order valence-electron chi connectivity index (χ3n) is 5.90. The first kappa shape index (κ1) is 21.1. The maximum Gasteiger partial charge on any atom is 0.275 e. The Morgan fingerprint density at radius 2 is 1.12 bits per heavy atom. The van der Waals surface area contributed by atoms with E-state index in [0.717, 1.165) is 56.8 Å². The summed E-state index contributed by atoms with van der Waals surface area (Å²) >= 11 is 0. The average Bonchev–Trinajstić information content (AvgIpc) is 2.61. The number of rotatable bonds is 6. The molecule has 26 heavy (non-hydrogen) atoms. The van der Waals surface area contributed by atoms with Gasteiger partial charge in [0, 0.05) is 38.3 Å². The van der Waals surface area contributed by atoms with Crippen LogP contribution >= 0.6 is 0 Å². The Labute approximate surface area is 158 Å². The molecule has 0 radical (unpaired) electrons. The van der Waals surface area contributed by atoms with Crippen LogP contribution in [0.2, 0.25) is 0 Å². The molecule has 7 heteroatoms. The lowest BCUT2D eigenvalue weighted by Crippen LogP contribution is -3.09. The second kappa shape index (κ2) is 9.67. The first-order valence-corrected chi connectivity index (χ1v) is 9.83. The second-order valence-corrected chi connectivity index (χ2v) is 8.25. The Balaban J connectivity index is 1.70. The molecule has 2 aliphatic heterocycles. The number of amides is 2. The largest absolute Gasteiger partial charge is 0.452 e. The molecule has 0 saturated carbocycles. The summed E-state index contributed by atoms with van der Waals surface area (Å²) in [6, 6.07) is 1.13. The Morgan fingerprint density at radius 1 is 0.808 bits per heavy atom. The van der Waals surface area contributed by atoms with Gasteiger partial charge in [0.2, 0.25) is 0 Å². The topological polar surface area (TPSA) is 51.5 Å². The fraction of sp³-hybridized carbons (Fsp3) is 0.842. The Bertz CT molecular complexity index is 425. The lowest BCUT2D eigenvalue weighted by Gasteiger charge is -2.37. The fourth-order valence-electron chi connectivity index (χ4n) is 3.98. The zero-order chi connectivity index (χ0) is 19.3. The van der Waals surface area contributed by atoms with Crippen molar-refractivity contribution in [3.63, 3.8) is 0 Å². The monoisotopic (exact) mass is 367 g/mol. The predicted molar refractivity (Wildman–Crippen MR) is 103 cm³/mol. The minimum Gasteiger partial charge on any atom is -0.452 e.